The highest BCUT2D eigenvalue weighted by Crippen LogP contribution is 2.26. The molecule has 60 heavy (non-hydrogen) atoms. The minimum absolute atomic E-state index is 0.129. The summed E-state index contributed by atoms with van der Waals surface area (Å²) in [7, 11) is 0. The molecule has 12 heteroatoms. The Morgan fingerprint density at radius 2 is 0.683 bits per heavy atom. The summed E-state index contributed by atoms with van der Waals surface area (Å²) in [6, 6.07) is 17.1. The van der Waals surface area contributed by atoms with Gasteiger partial charge in [0.25, 0.3) is 0 Å². The zero-order chi connectivity index (χ0) is 43.2. The van der Waals surface area contributed by atoms with Crippen molar-refractivity contribution < 1.29 is 57.1 Å². The maximum Gasteiger partial charge on any atom is 0.317 e. The van der Waals surface area contributed by atoms with Crippen LogP contribution in [0.2, 0.25) is 0 Å². The van der Waals surface area contributed by atoms with Crippen LogP contribution in [0.3, 0.4) is 0 Å². The molecule has 3 rings (SSSR count). The summed E-state index contributed by atoms with van der Waals surface area (Å²) in [5.74, 6) is 9.20. The van der Waals surface area contributed by atoms with Crippen LogP contribution in [-0.2, 0) is 64.6 Å². The summed E-state index contributed by atoms with van der Waals surface area (Å²) in [5.41, 5.74) is 2.36. The van der Waals surface area contributed by atoms with E-state index in [1.54, 1.807) is 60.7 Å². The van der Waals surface area contributed by atoms with Crippen molar-refractivity contribution in [2.45, 2.75) is 90.6 Å². The second kappa shape index (κ2) is 28.4. The predicted molar refractivity (Wildman–Crippen MR) is 222 cm³/mol. The van der Waals surface area contributed by atoms with Crippen LogP contribution >= 0.6 is 0 Å². The fraction of sp³-hybridized carbons (Fsp3) is 0.375. The van der Waals surface area contributed by atoms with Gasteiger partial charge < -0.3 is 37.9 Å². The third-order valence-corrected chi connectivity index (χ3v) is 7.98. The molecule has 3 aromatic carbocycles. The number of unbranched alkanes of at least 4 members (excludes halogenated alkanes) is 4. The number of ether oxygens (including phenoxy) is 8. The summed E-state index contributed by atoms with van der Waals surface area (Å²) >= 11 is 0. The van der Waals surface area contributed by atoms with Gasteiger partial charge in [0, 0.05) is 37.8 Å². The highest BCUT2D eigenvalue weighted by Gasteiger charge is 2.16. The molecule has 0 saturated heterocycles. The average molecular weight is 819 g/mol. The molecular weight excluding hydrogens is 769 g/mol. The highest BCUT2D eigenvalue weighted by atomic mass is 16.6. The van der Waals surface area contributed by atoms with E-state index in [1.807, 2.05) is 0 Å². The van der Waals surface area contributed by atoms with Crippen LogP contribution in [0.1, 0.15) is 86.5 Å². The van der Waals surface area contributed by atoms with E-state index in [9.17, 15) is 19.2 Å². The monoisotopic (exact) mass is 818 g/mol. The Balaban J connectivity index is 1.42. The fourth-order valence-electron chi connectivity index (χ4n) is 5.12. The van der Waals surface area contributed by atoms with E-state index in [1.165, 1.54) is 0 Å². The normalized spacial score (nSPS) is 10.1. The minimum Gasteiger partial charge on any atom is -0.493 e. The van der Waals surface area contributed by atoms with Crippen LogP contribution in [0.25, 0.3) is 0 Å². The molecule has 0 N–H and O–H groups in total. The van der Waals surface area contributed by atoms with Crippen molar-refractivity contribution in [3.8, 4) is 72.4 Å². The van der Waals surface area contributed by atoms with Gasteiger partial charge in [-0.25, -0.2) is 0 Å². The number of terminal acetylenes is 4. The molecule has 314 valence electrons. The highest BCUT2D eigenvalue weighted by molar-refractivity contribution is 5.91. The Hall–Kier alpha value is -7.02. The molecule has 0 aliphatic carbocycles. The number of benzene rings is 3. The van der Waals surface area contributed by atoms with Gasteiger partial charge in [-0.3, -0.25) is 19.2 Å². The Kier molecular flexibility index (Phi) is 22.4. The van der Waals surface area contributed by atoms with Gasteiger partial charge in [-0.1, -0.05) is 18.2 Å². The molecule has 0 aromatic heterocycles. The largest absolute Gasteiger partial charge is 0.493 e. The zero-order valence-electron chi connectivity index (χ0n) is 33.7. The molecular formula is C48H50O12. The lowest BCUT2D eigenvalue weighted by atomic mass is 10.1. The van der Waals surface area contributed by atoms with Crippen molar-refractivity contribution in [3.63, 3.8) is 0 Å². The van der Waals surface area contributed by atoms with Crippen molar-refractivity contribution in [3.05, 3.63) is 82.9 Å². The van der Waals surface area contributed by atoms with Gasteiger partial charge in [0.05, 0.1) is 26.4 Å². The van der Waals surface area contributed by atoms with Crippen molar-refractivity contribution in [2.24, 2.45) is 0 Å². The van der Waals surface area contributed by atoms with Gasteiger partial charge in [-0.2, -0.15) is 0 Å². The number of carbonyl (C=O) groups excluding carboxylic acids is 4. The van der Waals surface area contributed by atoms with E-state index in [0.717, 1.165) is 0 Å². The van der Waals surface area contributed by atoms with E-state index in [-0.39, 0.29) is 26.4 Å². The molecule has 0 aliphatic rings. The third kappa shape index (κ3) is 20.4. The molecule has 0 atom stereocenters. The number of esters is 4. The molecule has 0 radical (unpaired) electrons. The fourth-order valence-corrected chi connectivity index (χ4v) is 5.12. The van der Waals surface area contributed by atoms with Gasteiger partial charge >= 0.3 is 23.9 Å². The summed E-state index contributed by atoms with van der Waals surface area (Å²) in [5, 5.41) is 0. The molecule has 0 heterocycles. The van der Waals surface area contributed by atoms with Crippen LogP contribution in [0, 0.1) is 49.4 Å². The lowest BCUT2D eigenvalue weighted by Gasteiger charge is -2.13. The molecule has 0 saturated carbocycles. The second-order valence-corrected chi connectivity index (χ2v) is 13.1. The smallest absolute Gasteiger partial charge is 0.317 e. The standard InChI is InChI=1S/C48H50O12/c1-5-9-13-20-53-41-25-39(26-42(29-41)54-21-14-10-6-2)35-59-47(51)31-45(49)57-33-37-18-17-19-38(24-37)34-58-46(50)32-48(52)60-36-40-27-43(55-22-15-11-7-3)30-44(28-40)56-23-16-12-8-4/h1-4,17-19,24-30H,9-16,20-23,31-36H2. The summed E-state index contributed by atoms with van der Waals surface area (Å²) < 4.78 is 44.4. The Labute approximate surface area is 352 Å². The SMILES string of the molecule is C#CCCCOc1cc(COC(=O)CC(=O)OCc2cccc(COC(=O)CC(=O)OCc3cc(OCCCC#C)cc(OCCCC#C)c3)c2)cc(OCCCC#C)c1. The van der Waals surface area contributed by atoms with Crippen molar-refractivity contribution in [1.29, 1.82) is 0 Å². The number of carbonyl (C=O) groups is 4. The molecule has 0 unspecified atom stereocenters. The van der Waals surface area contributed by atoms with Crippen LogP contribution in [-0.4, -0.2) is 50.3 Å². The molecule has 3 aromatic rings. The first-order valence-corrected chi connectivity index (χ1v) is 19.4. The van der Waals surface area contributed by atoms with Crippen LogP contribution in [0.4, 0.5) is 0 Å². The van der Waals surface area contributed by atoms with E-state index in [0.29, 0.717) is 123 Å². The average Bonchev–Trinajstić information content (AvgIpc) is 3.24. The van der Waals surface area contributed by atoms with E-state index < -0.39 is 36.7 Å². The third-order valence-electron chi connectivity index (χ3n) is 7.98. The van der Waals surface area contributed by atoms with E-state index in [4.69, 9.17) is 63.6 Å². The Morgan fingerprint density at radius 3 is 0.967 bits per heavy atom. The van der Waals surface area contributed by atoms with Gasteiger partial charge in [-0.15, -0.1) is 49.4 Å². The van der Waals surface area contributed by atoms with Gasteiger partial charge in [0.2, 0.25) is 0 Å². The lowest BCUT2D eigenvalue weighted by Crippen LogP contribution is -2.14. The van der Waals surface area contributed by atoms with E-state index >= 15 is 0 Å². The molecule has 0 amide bonds. The van der Waals surface area contributed by atoms with Crippen LogP contribution in [0.15, 0.2) is 60.7 Å². The first-order chi connectivity index (χ1) is 29.2. The Morgan fingerprint density at radius 1 is 0.400 bits per heavy atom. The first kappa shape index (κ1) is 47.4. The van der Waals surface area contributed by atoms with Crippen LogP contribution < -0.4 is 18.9 Å². The zero-order valence-corrected chi connectivity index (χ0v) is 33.7. The Bertz CT molecular complexity index is 1800. The second-order valence-electron chi connectivity index (χ2n) is 13.1. The molecule has 0 aliphatic heterocycles. The quantitative estimate of drug-likeness (QED) is 0.0240. The summed E-state index contributed by atoms with van der Waals surface area (Å²) in [4.78, 5) is 49.9. The van der Waals surface area contributed by atoms with Crippen LogP contribution in [0.5, 0.6) is 23.0 Å². The van der Waals surface area contributed by atoms with E-state index in [2.05, 4.69) is 23.7 Å². The molecule has 12 nitrogen and oxygen atoms in total. The van der Waals surface area contributed by atoms with Gasteiger partial charge in [0.15, 0.2) is 0 Å². The van der Waals surface area contributed by atoms with Gasteiger partial charge in [0.1, 0.15) is 62.3 Å². The molecule has 0 fully saturated rings. The number of rotatable bonds is 28. The lowest BCUT2D eigenvalue weighted by molar-refractivity contribution is -0.157. The number of hydrogen-bond acceptors (Lipinski definition) is 12. The summed E-state index contributed by atoms with van der Waals surface area (Å²) in [6.07, 6.45) is 25.0. The van der Waals surface area contributed by atoms with Gasteiger partial charge in [-0.05, 0) is 78.3 Å². The maximum atomic E-state index is 12.5. The maximum absolute atomic E-state index is 12.5. The van der Waals surface area contributed by atoms with Crippen molar-refractivity contribution >= 4 is 23.9 Å². The molecule has 0 spiro atoms. The number of hydrogen-bond donors (Lipinski definition) is 0. The van der Waals surface area contributed by atoms with Crippen molar-refractivity contribution in [2.75, 3.05) is 26.4 Å². The minimum atomic E-state index is -0.790. The topological polar surface area (TPSA) is 142 Å². The summed E-state index contributed by atoms with van der Waals surface area (Å²) in [6.45, 7) is 1.05. The predicted octanol–water partition coefficient (Wildman–Crippen LogP) is 7.21. The molecule has 0 bridgehead atoms. The first-order valence-electron chi connectivity index (χ1n) is 19.4. The van der Waals surface area contributed by atoms with Crippen molar-refractivity contribution in [1.82, 2.24) is 0 Å².